The maximum absolute atomic E-state index is 12.8. The van der Waals surface area contributed by atoms with E-state index in [4.69, 9.17) is 0 Å². The van der Waals surface area contributed by atoms with Gasteiger partial charge in [0.15, 0.2) is 0 Å². The van der Waals surface area contributed by atoms with Crippen LogP contribution in [0.5, 0.6) is 0 Å². The lowest BCUT2D eigenvalue weighted by molar-refractivity contribution is -0.136. The second kappa shape index (κ2) is 6.65. The Balaban J connectivity index is 2.14. The smallest absolute Gasteiger partial charge is 0.268 e. The number of hydrogen-bond donors (Lipinski definition) is 0. The lowest BCUT2D eigenvalue weighted by atomic mass is 9.99. The molecule has 1 aliphatic heterocycles. The van der Waals surface area contributed by atoms with Gasteiger partial charge in [-0.1, -0.05) is 53.7 Å². The molecule has 2 amide bonds. The number of nitrogens with zero attached hydrogens (tertiary/aromatic N) is 1. The van der Waals surface area contributed by atoms with Gasteiger partial charge in [-0.25, -0.2) is 0 Å². The number of likely N-dealkylation sites (N-methyl/N-ethyl adjacent to an activating group) is 1. The molecule has 1 heterocycles. The lowest BCUT2D eigenvalue weighted by Crippen LogP contribution is -2.31. The number of aryl methyl sites for hydroxylation is 2. The van der Waals surface area contributed by atoms with Crippen molar-refractivity contribution in [3.63, 3.8) is 0 Å². The molecule has 0 saturated carbocycles. The van der Waals surface area contributed by atoms with Crippen molar-refractivity contribution in [3.05, 3.63) is 70.1 Å². The summed E-state index contributed by atoms with van der Waals surface area (Å²) in [5.74, 6) is -0.404. The first-order valence-corrected chi connectivity index (χ1v) is 8.75. The molecule has 0 bridgehead atoms. The summed E-state index contributed by atoms with van der Waals surface area (Å²) in [5.41, 5.74) is 3.51. The molecule has 3 rings (SSSR count). The third-order valence-electron chi connectivity index (χ3n) is 4.06. The van der Waals surface area contributed by atoms with Crippen molar-refractivity contribution in [1.82, 2.24) is 4.90 Å². The Kier molecular flexibility index (Phi) is 4.58. The summed E-state index contributed by atoms with van der Waals surface area (Å²) in [6, 6.07) is 15.6. The Morgan fingerprint density at radius 3 is 2.29 bits per heavy atom. The van der Waals surface area contributed by atoms with Gasteiger partial charge in [0.25, 0.3) is 11.8 Å². The second-order valence-electron chi connectivity index (χ2n) is 5.79. The highest BCUT2D eigenvalue weighted by Crippen LogP contribution is 2.40. The van der Waals surface area contributed by atoms with Gasteiger partial charge < -0.3 is 0 Å². The zero-order chi connectivity index (χ0) is 17.3. The maximum Gasteiger partial charge on any atom is 0.268 e. The molecule has 0 radical (unpaired) electrons. The molecule has 2 aromatic rings. The van der Waals surface area contributed by atoms with Crippen molar-refractivity contribution in [1.29, 1.82) is 0 Å². The van der Waals surface area contributed by atoms with Gasteiger partial charge in [-0.2, -0.15) is 0 Å². The van der Waals surface area contributed by atoms with Crippen molar-refractivity contribution in [3.8, 4) is 0 Å². The highest BCUT2D eigenvalue weighted by atomic mass is 32.2. The van der Waals surface area contributed by atoms with Crippen LogP contribution in [0.15, 0.2) is 58.3 Å². The molecule has 0 N–H and O–H groups in total. The largest absolute Gasteiger partial charge is 0.274 e. The third kappa shape index (κ3) is 2.89. The standard InChI is InChI=1S/C20H19NO2S/c1-4-21-19(22)17(16-11-10-13(2)12-14(16)3)18(20(21)23)24-15-8-6-5-7-9-15/h5-12H,4H2,1-3H3. The van der Waals surface area contributed by atoms with Crippen LogP contribution in [0.25, 0.3) is 5.57 Å². The van der Waals surface area contributed by atoms with Crippen LogP contribution < -0.4 is 0 Å². The molecule has 24 heavy (non-hydrogen) atoms. The topological polar surface area (TPSA) is 37.4 Å². The van der Waals surface area contributed by atoms with Gasteiger partial charge in [-0.15, -0.1) is 0 Å². The average molecular weight is 337 g/mol. The van der Waals surface area contributed by atoms with Crippen LogP contribution >= 0.6 is 11.8 Å². The zero-order valence-corrected chi connectivity index (χ0v) is 14.8. The number of imide groups is 1. The summed E-state index contributed by atoms with van der Waals surface area (Å²) >= 11 is 1.37. The maximum atomic E-state index is 12.8. The number of rotatable bonds is 4. The molecular weight excluding hydrogens is 318 g/mol. The fourth-order valence-corrected chi connectivity index (χ4v) is 3.90. The van der Waals surface area contributed by atoms with Crippen molar-refractivity contribution < 1.29 is 9.59 Å². The van der Waals surface area contributed by atoms with E-state index in [1.165, 1.54) is 16.7 Å². The molecule has 0 unspecified atom stereocenters. The van der Waals surface area contributed by atoms with Crippen molar-refractivity contribution >= 4 is 29.1 Å². The van der Waals surface area contributed by atoms with Gasteiger partial charge in [0.1, 0.15) is 0 Å². The number of amides is 2. The van der Waals surface area contributed by atoms with Crippen LogP contribution in [0.4, 0.5) is 0 Å². The molecule has 0 atom stereocenters. The number of carbonyl (C=O) groups is 2. The van der Waals surface area contributed by atoms with E-state index in [9.17, 15) is 9.59 Å². The first-order valence-electron chi connectivity index (χ1n) is 7.94. The fraction of sp³-hybridized carbons (Fsp3) is 0.200. The molecule has 1 aliphatic rings. The number of hydrogen-bond acceptors (Lipinski definition) is 3. The van der Waals surface area contributed by atoms with Crippen LogP contribution in [0, 0.1) is 13.8 Å². The summed E-state index contributed by atoms with van der Waals surface area (Å²) in [6.45, 7) is 6.20. The third-order valence-corrected chi connectivity index (χ3v) is 5.15. The molecule has 0 saturated heterocycles. The van der Waals surface area contributed by atoms with E-state index in [0.717, 1.165) is 21.6 Å². The van der Waals surface area contributed by atoms with E-state index in [1.54, 1.807) is 0 Å². The summed E-state index contributed by atoms with van der Waals surface area (Å²) in [4.78, 5) is 28.3. The minimum Gasteiger partial charge on any atom is -0.274 e. The van der Waals surface area contributed by atoms with Crippen molar-refractivity contribution in [2.75, 3.05) is 6.54 Å². The quantitative estimate of drug-likeness (QED) is 0.785. The van der Waals surface area contributed by atoms with E-state index in [-0.39, 0.29) is 11.8 Å². The molecule has 122 valence electrons. The summed E-state index contributed by atoms with van der Waals surface area (Å²) in [7, 11) is 0. The average Bonchev–Trinajstić information content (AvgIpc) is 2.79. The van der Waals surface area contributed by atoms with E-state index in [1.807, 2.05) is 69.3 Å². The first kappa shape index (κ1) is 16.5. The predicted octanol–water partition coefficient (Wildman–Crippen LogP) is 4.20. The number of thioether (sulfide) groups is 1. The minimum absolute atomic E-state index is 0.201. The molecule has 0 aromatic heterocycles. The number of carbonyl (C=O) groups excluding carboxylic acids is 2. The van der Waals surface area contributed by atoms with Gasteiger partial charge >= 0.3 is 0 Å². The fourth-order valence-electron chi connectivity index (χ4n) is 2.87. The van der Waals surface area contributed by atoms with Crippen LogP contribution in [0.3, 0.4) is 0 Å². The second-order valence-corrected chi connectivity index (χ2v) is 6.88. The van der Waals surface area contributed by atoms with E-state index in [2.05, 4.69) is 0 Å². The van der Waals surface area contributed by atoms with Crippen LogP contribution in [-0.4, -0.2) is 23.3 Å². The molecule has 4 heteroatoms. The Morgan fingerprint density at radius 2 is 1.67 bits per heavy atom. The van der Waals surface area contributed by atoms with Gasteiger partial charge in [-0.05, 0) is 44.0 Å². The molecule has 0 aliphatic carbocycles. The van der Waals surface area contributed by atoms with Gasteiger partial charge in [0.2, 0.25) is 0 Å². The Labute approximate surface area is 146 Å². The Morgan fingerprint density at radius 1 is 0.958 bits per heavy atom. The summed E-state index contributed by atoms with van der Waals surface area (Å²) < 4.78 is 0. The van der Waals surface area contributed by atoms with E-state index < -0.39 is 0 Å². The lowest BCUT2D eigenvalue weighted by Gasteiger charge is -2.12. The van der Waals surface area contributed by atoms with Crippen molar-refractivity contribution in [2.45, 2.75) is 25.7 Å². The molecule has 3 nitrogen and oxygen atoms in total. The Hall–Kier alpha value is -2.33. The Bertz CT molecular complexity index is 840. The predicted molar refractivity (Wildman–Crippen MR) is 97.5 cm³/mol. The molecule has 0 fully saturated rings. The summed E-state index contributed by atoms with van der Waals surface area (Å²) in [6.07, 6.45) is 0. The van der Waals surface area contributed by atoms with Gasteiger partial charge in [0.05, 0.1) is 10.5 Å². The highest BCUT2D eigenvalue weighted by Gasteiger charge is 2.38. The molecule has 0 spiro atoms. The van der Waals surface area contributed by atoms with Crippen molar-refractivity contribution in [2.24, 2.45) is 0 Å². The van der Waals surface area contributed by atoms with Gasteiger partial charge in [0, 0.05) is 11.4 Å². The monoisotopic (exact) mass is 337 g/mol. The van der Waals surface area contributed by atoms with Crippen LogP contribution in [0.2, 0.25) is 0 Å². The normalized spacial score (nSPS) is 14.7. The highest BCUT2D eigenvalue weighted by molar-refractivity contribution is 8.04. The van der Waals surface area contributed by atoms with Crippen LogP contribution in [-0.2, 0) is 9.59 Å². The van der Waals surface area contributed by atoms with E-state index >= 15 is 0 Å². The molecular formula is C20H19NO2S. The zero-order valence-electron chi connectivity index (χ0n) is 14.0. The summed E-state index contributed by atoms with van der Waals surface area (Å²) in [5, 5.41) is 0. The SMILES string of the molecule is CCN1C(=O)C(Sc2ccccc2)=C(c2ccc(C)cc2C)C1=O. The first-order chi connectivity index (χ1) is 11.5. The minimum atomic E-state index is -0.202. The van der Waals surface area contributed by atoms with E-state index in [0.29, 0.717) is 17.0 Å². The number of benzene rings is 2. The molecule has 2 aromatic carbocycles. The van der Waals surface area contributed by atoms with Crippen LogP contribution in [0.1, 0.15) is 23.6 Å². The van der Waals surface area contributed by atoms with Gasteiger partial charge in [-0.3, -0.25) is 14.5 Å².